The van der Waals surface area contributed by atoms with Crippen LogP contribution in [0.3, 0.4) is 0 Å². The zero-order valence-corrected chi connectivity index (χ0v) is 14.9. The minimum absolute atomic E-state index is 0.181. The first-order valence-corrected chi connectivity index (χ1v) is 8.99. The van der Waals surface area contributed by atoms with Crippen LogP contribution in [0.1, 0.15) is 42.8 Å². The number of benzene rings is 2. The van der Waals surface area contributed by atoms with Crippen LogP contribution < -0.4 is 5.32 Å². The molecule has 0 radical (unpaired) electrons. The number of unbranched alkanes of at least 4 members (excludes halogenated alkanes) is 2. The summed E-state index contributed by atoms with van der Waals surface area (Å²) in [4.78, 5) is 14.8. The highest BCUT2D eigenvalue weighted by Crippen LogP contribution is 2.24. The lowest BCUT2D eigenvalue weighted by Crippen LogP contribution is -2.02. The first-order chi connectivity index (χ1) is 13.2. The molecule has 2 N–H and O–H groups in total. The van der Waals surface area contributed by atoms with Gasteiger partial charge in [-0.3, -0.25) is 4.79 Å². The molecule has 0 saturated heterocycles. The summed E-state index contributed by atoms with van der Waals surface area (Å²) in [5.41, 5.74) is 1.34. The van der Waals surface area contributed by atoms with E-state index in [0.29, 0.717) is 31.2 Å². The topological polar surface area (TPSA) is 99.2 Å². The highest BCUT2D eigenvalue weighted by molar-refractivity contribution is 5.85. The molecule has 0 aliphatic rings. The van der Waals surface area contributed by atoms with Crippen LogP contribution in [0.5, 0.6) is 0 Å². The molecule has 0 bridgehead atoms. The largest absolute Gasteiger partial charge is 0.481 e. The average molecular weight is 363 g/mol. The van der Waals surface area contributed by atoms with E-state index in [1.54, 1.807) is 0 Å². The molecule has 0 amide bonds. The smallest absolute Gasteiger partial charge is 0.303 e. The number of hydrogen-bond acceptors (Lipinski definition) is 5. The number of fused-ring (bicyclic) bond motifs is 1. The van der Waals surface area contributed by atoms with Crippen molar-refractivity contribution >= 4 is 22.6 Å². The van der Waals surface area contributed by atoms with Gasteiger partial charge in [0.1, 0.15) is 6.07 Å². The van der Waals surface area contributed by atoms with E-state index in [1.807, 2.05) is 24.3 Å². The number of oxazole rings is 1. The van der Waals surface area contributed by atoms with Crippen LogP contribution in [0.4, 0.5) is 5.88 Å². The molecule has 6 heteroatoms. The van der Waals surface area contributed by atoms with E-state index in [9.17, 15) is 10.1 Å². The number of rotatable bonds is 9. The number of carboxylic acids is 1. The summed E-state index contributed by atoms with van der Waals surface area (Å²) in [6, 6.07) is 16.3. The van der Waals surface area contributed by atoms with Crippen molar-refractivity contribution in [3.05, 3.63) is 59.6 Å². The van der Waals surface area contributed by atoms with Crippen molar-refractivity contribution in [3.63, 3.8) is 0 Å². The van der Waals surface area contributed by atoms with Gasteiger partial charge in [0, 0.05) is 13.0 Å². The summed E-state index contributed by atoms with van der Waals surface area (Å²) in [5.74, 6) is 0.102. The average Bonchev–Trinajstić information content (AvgIpc) is 3.06. The summed E-state index contributed by atoms with van der Waals surface area (Å²) in [6.45, 7) is 0.608. The van der Waals surface area contributed by atoms with Crippen LogP contribution in [0.15, 0.2) is 46.9 Å². The molecule has 3 aromatic rings. The lowest BCUT2D eigenvalue weighted by Gasteiger charge is -2.04. The molecule has 0 aliphatic heterocycles. The van der Waals surface area contributed by atoms with Crippen molar-refractivity contribution in [2.45, 2.75) is 32.1 Å². The Morgan fingerprint density at radius 3 is 2.78 bits per heavy atom. The summed E-state index contributed by atoms with van der Waals surface area (Å²) >= 11 is 0. The van der Waals surface area contributed by atoms with E-state index < -0.39 is 5.97 Å². The molecule has 0 fully saturated rings. The molecule has 0 unspecified atom stereocenters. The van der Waals surface area contributed by atoms with Crippen LogP contribution in [-0.2, 0) is 11.2 Å². The lowest BCUT2D eigenvalue weighted by molar-refractivity contribution is -0.137. The van der Waals surface area contributed by atoms with Crippen molar-refractivity contribution in [2.24, 2.45) is 0 Å². The van der Waals surface area contributed by atoms with Gasteiger partial charge in [-0.15, -0.1) is 0 Å². The molecule has 0 saturated carbocycles. The van der Waals surface area contributed by atoms with Crippen molar-refractivity contribution in [2.75, 3.05) is 11.9 Å². The van der Waals surface area contributed by atoms with Gasteiger partial charge in [0.05, 0.1) is 6.42 Å². The van der Waals surface area contributed by atoms with Gasteiger partial charge in [0.2, 0.25) is 17.5 Å². The van der Waals surface area contributed by atoms with E-state index in [4.69, 9.17) is 9.52 Å². The van der Waals surface area contributed by atoms with E-state index in [2.05, 4.69) is 34.6 Å². The van der Waals surface area contributed by atoms with Gasteiger partial charge in [0.25, 0.3) is 0 Å². The summed E-state index contributed by atoms with van der Waals surface area (Å²) in [5, 5.41) is 23.3. The van der Waals surface area contributed by atoms with Gasteiger partial charge in [-0.05, 0) is 29.2 Å². The van der Waals surface area contributed by atoms with Crippen LogP contribution in [0.2, 0.25) is 0 Å². The first-order valence-electron chi connectivity index (χ1n) is 8.99. The Bertz CT molecular complexity index is 967. The Hall–Kier alpha value is -3.33. The molecule has 138 valence electrons. The minimum Gasteiger partial charge on any atom is -0.481 e. The number of nitrogens with zero attached hydrogens (tertiary/aromatic N) is 2. The molecule has 0 atom stereocenters. The highest BCUT2D eigenvalue weighted by atomic mass is 16.4. The second-order valence-electron chi connectivity index (χ2n) is 6.34. The molecule has 3 rings (SSSR count). The number of anilines is 1. The predicted octanol–water partition coefficient (Wildman–Crippen LogP) is 4.35. The third-order valence-electron chi connectivity index (χ3n) is 4.35. The third kappa shape index (κ3) is 4.85. The van der Waals surface area contributed by atoms with E-state index >= 15 is 0 Å². The molecular weight excluding hydrogens is 342 g/mol. The van der Waals surface area contributed by atoms with Crippen LogP contribution in [-0.4, -0.2) is 22.6 Å². The van der Waals surface area contributed by atoms with Crippen molar-refractivity contribution in [1.82, 2.24) is 4.98 Å². The molecule has 0 aliphatic carbocycles. The Kier molecular flexibility index (Phi) is 6.06. The monoisotopic (exact) mass is 363 g/mol. The SMILES string of the molecule is N#Cc1nc(Cc2cccc3ccccc23)oc1NCCCCCC(=O)O. The standard InChI is InChI=1S/C21H21N3O3/c22-14-18-21(23-12-5-1-2-11-20(25)26)27-19(24-18)13-16-9-6-8-15-7-3-4-10-17(15)16/h3-4,6-10,23H,1-2,5,11-13H2,(H,25,26). The zero-order chi connectivity index (χ0) is 19.1. The van der Waals surface area contributed by atoms with Gasteiger partial charge < -0.3 is 14.8 Å². The van der Waals surface area contributed by atoms with Crippen molar-refractivity contribution in [1.29, 1.82) is 5.26 Å². The molecule has 1 heterocycles. The number of aliphatic carboxylic acids is 1. The fraction of sp³-hybridized carbons (Fsp3) is 0.286. The number of aromatic nitrogens is 1. The van der Waals surface area contributed by atoms with E-state index in [-0.39, 0.29) is 12.1 Å². The van der Waals surface area contributed by atoms with Gasteiger partial charge in [-0.25, -0.2) is 4.98 Å². The van der Waals surface area contributed by atoms with E-state index in [0.717, 1.165) is 29.2 Å². The Morgan fingerprint density at radius 1 is 1.15 bits per heavy atom. The molecule has 0 spiro atoms. The second-order valence-corrected chi connectivity index (χ2v) is 6.34. The quantitative estimate of drug-likeness (QED) is 0.548. The lowest BCUT2D eigenvalue weighted by atomic mass is 10.0. The maximum atomic E-state index is 10.5. The normalized spacial score (nSPS) is 10.6. The van der Waals surface area contributed by atoms with Crippen LogP contribution in [0.25, 0.3) is 10.8 Å². The third-order valence-corrected chi connectivity index (χ3v) is 4.35. The van der Waals surface area contributed by atoms with E-state index in [1.165, 1.54) is 0 Å². The minimum atomic E-state index is -0.775. The second kappa shape index (κ2) is 8.86. The molecule has 2 aromatic carbocycles. The molecular formula is C21H21N3O3. The van der Waals surface area contributed by atoms with Gasteiger partial charge in [-0.2, -0.15) is 5.26 Å². The number of nitrogens with one attached hydrogen (secondary N) is 1. The number of carbonyl (C=O) groups is 1. The summed E-state index contributed by atoms with van der Waals surface area (Å²) in [7, 11) is 0. The first kappa shape index (κ1) is 18.5. The maximum Gasteiger partial charge on any atom is 0.303 e. The number of nitriles is 1. The van der Waals surface area contributed by atoms with Crippen LogP contribution in [0, 0.1) is 11.3 Å². The fourth-order valence-corrected chi connectivity index (χ4v) is 3.03. The van der Waals surface area contributed by atoms with Crippen molar-refractivity contribution in [3.8, 4) is 6.07 Å². The fourth-order valence-electron chi connectivity index (χ4n) is 3.03. The van der Waals surface area contributed by atoms with Gasteiger partial charge in [-0.1, -0.05) is 48.9 Å². The highest BCUT2D eigenvalue weighted by Gasteiger charge is 2.14. The predicted molar refractivity (Wildman–Crippen MR) is 103 cm³/mol. The molecule has 1 aromatic heterocycles. The molecule has 6 nitrogen and oxygen atoms in total. The number of carboxylic acid groups (broad SMARTS) is 1. The number of hydrogen-bond donors (Lipinski definition) is 2. The summed E-state index contributed by atoms with van der Waals surface area (Å²) in [6.07, 6.45) is 2.94. The van der Waals surface area contributed by atoms with Gasteiger partial charge in [0.15, 0.2) is 0 Å². The Morgan fingerprint density at radius 2 is 1.96 bits per heavy atom. The molecule has 27 heavy (non-hydrogen) atoms. The van der Waals surface area contributed by atoms with Crippen molar-refractivity contribution < 1.29 is 14.3 Å². The Balaban J connectivity index is 1.64. The van der Waals surface area contributed by atoms with Crippen LogP contribution >= 0.6 is 0 Å². The Labute approximate surface area is 157 Å². The van der Waals surface area contributed by atoms with Gasteiger partial charge >= 0.3 is 5.97 Å². The maximum absolute atomic E-state index is 10.5. The zero-order valence-electron chi connectivity index (χ0n) is 14.9. The summed E-state index contributed by atoms with van der Waals surface area (Å²) < 4.78 is 5.76.